The molecule has 0 saturated carbocycles. The van der Waals surface area contributed by atoms with Gasteiger partial charge >= 0.3 is 0 Å². The van der Waals surface area contributed by atoms with Gasteiger partial charge in [0.05, 0.1) is 0 Å². The summed E-state index contributed by atoms with van der Waals surface area (Å²) < 4.78 is 0. The second-order valence-corrected chi connectivity index (χ2v) is 5.60. The molecular weight excluding hydrogens is 272 g/mol. The fourth-order valence-electron chi connectivity index (χ4n) is 2.66. The molecule has 0 aliphatic rings. The molecule has 0 radical (unpaired) electrons. The number of hydrogen-bond acceptors (Lipinski definition) is 4. The van der Waals surface area contributed by atoms with Crippen molar-refractivity contribution in [3.05, 3.63) is 60.0 Å². The summed E-state index contributed by atoms with van der Waals surface area (Å²) in [6.45, 7) is 2.88. The number of benzene rings is 1. The Hall–Kier alpha value is -2.62. The Labute approximate surface area is 130 Å². The number of hydrogen-bond donors (Lipinski definition) is 1. The van der Waals surface area contributed by atoms with E-state index in [1.807, 2.05) is 44.8 Å². The number of aryl methyl sites for hydroxylation is 1. The first kappa shape index (κ1) is 14.3. The Bertz CT molecular complexity index is 782. The number of fused-ring (bicyclic) bond motifs is 1. The van der Waals surface area contributed by atoms with E-state index in [1.54, 1.807) is 0 Å². The molecule has 4 nitrogen and oxygen atoms in total. The van der Waals surface area contributed by atoms with Gasteiger partial charge in [0.2, 0.25) is 0 Å². The van der Waals surface area contributed by atoms with Gasteiger partial charge in [-0.05, 0) is 36.2 Å². The second-order valence-electron chi connectivity index (χ2n) is 5.60. The van der Waals surface area contributed by atoms with E-state index in [2.05, 4.69) is 45.3 Å². The first-order chi connectivity index (χ1) is 10.7. The molecule has 0 unspecified atom stereocenters. The van der Waals surface area contributed by atoms with E-state index in [0.29, 0.717) is 0 Å². The van der Waals surface area contributed by atoms with Crippen molar-refractivity contribution in [2.24, 2.45) is 0 Å². The van der Waals surface area contributed by atoms with Crippen LogP contribution in [0.4, 0.5) is 11.5 Å². The van der Waals surface area contributed by atoms with Crippen LogP contribution in [0.25, 0.3) is 10.8 Å². The lowest BCUT2D eigenvalue weighted by Gasteiger charge is -2.18. The van der Waals surface area contributed by atoms with Gasteiger partial charge < -0.3 is 10.2 Å². The van der Waals surface area contributed by atoms with Crippen molar-refractivity contribution in [3.8, 4) is 0 Å². The maximum Gasteiger partial charge on any atom is 0.135 e. The van der Waals surface area contributed by atoms with E-state index in [0.717, 1.165) is 18.1 Å². The van der Waals surface area contributed by atoms with Gasteiger partial charge in [-0.1, -0.05) is 12.1 Å². The zero-order valence-electron chi connectivity index (χ0n) is 13.2. The predicted molar refractivity (Wildman–Crippen MR) is 92.4 cm³/mol. The van der Waals surface area contributed by atoms with Crippen LogP contribution in [0.3, 0.4) is 0 Å². The zero-order chi connectivity index (χ0) is 15.5. The second kappa shape index (κ2) is 6.02. The highest BCUT2D eigenvalue weighted by Gasteiger charge is 2.10. The Morgan fingerprint density at radius 1 is 1.09 bits per heavy atom. The molecule has 3 rings (SSSR count). The van der Waals surface area contributed by atoms with E-state index < -0.39 is 0 Å². The molecule has 2 heterocycles. The SMILES string of the molecule is Cc1cnc(N(C)C)c2cccc(NCc3ccncc3)c12. The largest absolute Gasteiger partial charge is 0.380 e. The van der Waals surface area contributed by atoms with E-state index in [4.69, 9.17) is 0 Å². The minimum absolute atomic E-state index is 0.778. The molecule has 2 aromatic heterocycles. The smallest absolute Gasteiger partial charge is 0.135 e. The summed E-state index contributed by atoms with van der Waals surface area (Å²) in [6, 6.07) is 10.4. The molecule has 0 atom stereocenters. The lowest BCUT2D eigenvalue weighted by Crippen LogP contribution is -2.11. The van der Waals surface area contributed by atoms with Crippen LogP contribution in [-0.4, -0.2) is 24.1 Å². The summed E-state index contributed by atoms with van der Waals surface area (Å²) in [7, 11) is 4.04. The minimum atomic E-state index is 0.778. The summed E-state index contributed by atoms with van der Waals surface area (Å²) in [6.07, 6.45) is 5.58. The van der Waals surface area contributed by atoms with Crippen LogP contribution in [-0.2, 0) is 6.54 Å². The van der Waals surface area contributed by atoms with Gasteiger partial charge in [0.1, 0.15) is 5.82 Å². The Morgan fingerprint density at radius 2 is 1.86 bits per heavy atom. The summed E-state index contributed by atoms with van der Waals surface area (Å²) in [5, 5.41) is 5.94. The third kappa shape index (κ3) is 2.72. The minimum Gasteiger partial charge on any atom is -0.380 e. The average molecular weight is 292 g/mol. The first-order valence-corrected chi connectivity index (χ1v) is 7.35. The molecule has 4 heteroatoms. The van der Waals surface area contributed by atoms with E-state index in [9.17, 15) is 0 Å². The summed E-state index contributed by atoms with van der Waals surface area (Å²) in [4.78, 5) is 10.7. The number of nitrogens with one attached hydrogen (secondary N) is 1. The van der Waals surface area contributed by atoms with Crippen LogP contribution in [0.2, 0.25) is 0 Å². The van der Waals surface area contributed by atoms with Gasteiger partial charge in [0, 0.05) is 55.7 Å². The van der Waals surface area contributed by atoms with Crippen LogP contribution in [0.15, 0.2) is 48.9 Å². The van der Waals surface area contributed by atoms with Crippen molar-refractivity contribution >= 4 is 22.3 Å². The Kier molecular flexibility index (Phi) is 3.92. The molecule has 22 heavy (non-hydrogen) atoms. The van der Waals surface area contributed by atoms with Crippen molar-refractivity contribution < 1.29 is 0 Å². The summed E-state index contributed by atoms with van der Waals surface area (Å²) >= 11 is 0. The van der Waals surface area contributed by atoms with Crippen molar-refractivity contribution in [3.63, 3.8) is 0 Å². The number of aromatic nitrogens is 2. The molecular formula is C18H20N4. The van der Waals surface area contributed by atoms with E-state index in [1.165, 1.54) is 21.9 Å². The van der Waals surface area contributed by atoms with Gasteiger partial charge in [-0.3, -0.25) is 4.98 Å². The van der Waals surface area contributed by atoms with Crippen molar-refractivity contribution in [2.45, 2.75) is 13.5 Å². The molecule has 0 amide bonds. The molecule has 0 aliphatic carbocycles. The Balaban J connectivity index is 2.01. The van der Waals surface area contributed by atoms with Gasteiger partial charge in [-0.15, -0.1) is 0 Å². The van der Waals surface area contributed by atoms with Crippen LogP contribution < -0.4 is 10.2 Å². The maximum atomic E-state index is 4.56. The molecule has 0 aliphatic heterocycles. The van der Waals surface area contributed by atoms with Crippen LogP contribution in [0.5, 0.6) is 0 Å². The number of rotatable bonds is 4. The maximum absolute atomic E-state index is 4.56. The standard InChI is InChI=1S/C18H20N4/c1-13-11-21-18(22(2)3)15-5-4-6-16(17(13)15)20-12-14-7-9-19-10-8-14/h4-11,20H,12H2,1-3H3. The first-order valence-electron chi connectivity index (χ1n) is 7.35. The number of nitrogens with zero attached hydrogens (tertiary/aromatic N) is 3. The van der Waals surface area contributed by atoms with Gasteiger partial charge in [0.15, 0.2) is 0 Å². The molecule has 3 aromatic rings. The fourth-order valence-corrected chi connectivity index (χ4v) is 2.66. The van der Waals surface area contributed by atoms with Crippen molar-refractivity contribution in [2.75, 3.05) is 24.3 Å². The molecule has 0 fully saturated rings. The monoisotopic (exact) mass is 292 g/mol. The fraction of sp³-hybridized carbons (Fsp3) is 0.222. The highest BCUT2D eigenvalue weighted by atomic mass is 15.1. The molecule has 0 bridgehead atoms. The van der Waals surface area contributed by atoms with Crippen molar-refractivity contribution in [1.29, 1.82) is 0 Å². The lowest BCUT2D eigenvalue weighted by atomic mass is 10.1. The topological polar surface area (TPSA) is 41.1 Å². The van der Waals surface area contributed by atoms with E-state index >= 15 is 0 Å². The zero-order valence-corrected chi connectivity index (χ0v) is 13.2. The normalized spacial score (nSPS) is 10.7. The Morgan fingerprint density at radius 3 is 2.59 bits per heavy atom. The molecule has 1 N–H and O–H groups in total. The summed E-state index contributed by atoms with van der Waals surface area (Å²) in [5.74, 6) is 0.994. The third-order valence-corrected chi connectivity index (χ3v) is 3.74. The highest BCUT2D eigenvalue weighted by Crippen LogP contribution is 2.31. The molecule has 112 valence electrons. The van der Waals surface area contributed by atoms with Gasteiger partial charge in [0.25, 0.3) is 0 Å². The average Bonchev–Trinajstić information content (AvgIpc) is 2.54. The molecule has 0 saturated heterocycles. The van der Waals surface area contributed by atoms with Crippen molar-refractivity contribution in [1.82, 2.24) is 9.97 Å². The van der Waals surface area contributed by atoms with Crippen LogP contribution in [0, 0.1) is 6.92 Å². The molecule has 0 spiro atoms. The number of pyridine rings is 2. The molecule has 1 aromatic carbocycles. The predicted octanol–water partition coefficient (Wildman–Crippen LogP) is 3.62. The lowest BCUT2D eigenvalue weighted by molar-refractivity contribution is 1.08. The van der Waals surface area contributed by atoms with Crippen LogP contribution in [0.1, 0.15) is 11.1 Å². The van der Waals surface area contributed by atoms with Gasteiger partial charge in [-0.25, -0.2) is 4.98 Å². The summed E-state index contributed by atoms with van der Waals surface area (Å²) in [5.41, 5.74) is 3.53. The third-order valence-electron chi connectivity index (χ3n) is 3.74. The van der Waals surface area contributed by atoms with E-state index in [-0.39, 0.29) is 0 Å². The van der Waals surface area contributed by atoms with Gasteiger partial charge in [-0.2, -0.15) is 0 Å². The number of anilines is 2. The highest BCUT2D eigenvalue weighted by molar-refractivity contribution is 6.02. The van der Waals surface area contributed by atoms with Crippen LogP contribution >= 0.6 is 0 Å². The quantitative estimate of drug-likeness (QED) is 0.797.